The third-order valence-electron chi connectivity index (χ3n) is 3.50. The Hall–Kier alpha value is -3.61. The van der Waals surface area contributed by atoms with Gasteiger partial charge in [-0.25, -0.2) is 0 Å². The Kier molecular flexibility index (Phi) is 3.98. The second-order valence-electron chi connectivity index (χ2n) is 5.04. The van der Waals surface area contributed by atoms with Crippen molar-refractivity contribution in [2.45, 2.75) is 0 Å². The van der Waals surface area contributed by atoms with E-state index in [-0.39, 0.29) is 11.4 Å². The fourth-order valence-electron chi connectivity index (χ4n) is 2.35. The van der Waals surface area contributed by atoms with E-state index in [1.807, 2.05) is 0 Å². The number of aromatic nitrogens is 1. The van der Waals surface area contributed by atoms with Crippen LogP contribution >= 0.6 is 0 Å². The molecular formula is C17H11N3O4. The first-order valence-electron chi connectivity index (χ1n) is 7.00. The molecule has 7 heteroatoms. The predicted molar refractivity (Wildman–Crippen MR) is 88.4 cm³/mol. The van der Waals surface area contributed by atoms with Crippen molar-refractivity contribution in [3.63, 3.8) is 0 Å². The smallest absolute Gasteiger partial charge is 0.258 e. The lowest BCUT2D eigenvalue weighted by Gasteiger charge is -2.05. The maximum Gasteiger partial charge on any atom is 0.270 e. The highest BCUT2D eigenvalue weighted by atomic mass is 16.6. The average Bonchev–Trinajstić information content (AvgIpc) is 2.62. The zero-order chi connectivity index (χ0) is 17.1. The van der Waals surface area contributed by atoms with E-state index in [4.69, 9.17) is 0 Å². The largest absolute Gasteiger partial charge is 0.270 e. The van der Waals surface area contributed by atoms with Crippen molar-refractivity contribution in [3.05, 3.63) is 87.1 Å². The molecule has 24 heavy (non-hydrogen) atoms. The lowest BCUT2D eigenvalue weighted by atomic mass is 10.0. The number of nitrogens with zero attached hydrogens (tertiary/aromatic N) is 3. The molecule has 0 aliphatic rings. The van der Waals surface area contributed by atoms with Gasteiger partial charge in [-0.3, -0.25) is 25.2 Å². The maximum atomic E-state index is 10.9. The summed E-state index contributed by atoms with van der Waals surface area (Å²) in [5, 5.41) is 21.8. The molecule has 2 aromatic carbocycles. The van der Waals surface area contributed by atoms with Gasteiger partial charge in [0.05, 0.1) is 15.5 Å². The van der Waals surface area contributed by atoms with E-state index in [0.29, 0.717) is 16.8 Å². The van der Waals surface area contributed by atoms with Gasteiger partial charge >= 0.3 is 0 Å². The summed E-state index contributed by atoms with van der Waals surface area (Å²) in [5.41, 5.74) is 2.57. The summed E-state index contributed by atoms with van der Waals surface area (Å²) in [5.74, 6) is 0. The molecule has 0 atom stereocenters. The molecule has 0 saturated heterocycles. The van der Waals surface area contributed by atoms with Crippen LogP contribution in [0.2, 0.25) is 0 Å². The average molecular weight is 321 g/mol. The number of nitro groups is 2. The topological polar surface area (TPSA) is 99.2 Å². The Morgan fingerprint density at radius 2 is 1.25 bits per heavy atom. The molecular weight excluding hydrogens is 310 g/mol. The number of hydrogen-bond acceptors (Lipinski definition) is 5. The minimum absolute atomic E-state index is 0.00112. The molecule has 3 aromatic rings. The van der Waals surface area contributed by atoms with Crippen molar-refractivity contribution in [2.75, 3.05) is 0 Å². The molecule has 7 nitrogen and oxygen atoms in total. The first kappa shape index (κ1) is 15.3. The van der Waals surface area contributed by atoms with Crippen LogP contribution in [-0.4, -0.2) is 14.8 Å². The number of nitro benzene ring substituents is 2. The Labute approximate surface area is 136 Å². The molecule has 0 radical (unpaired) electrons. The highest BCUT2D eigenvalue weighted by molar-refractivity contribution is 5.72. The van der Waals surface area contributed by atoms with Gasteiger partial charge in [0.1, 0.15) is 0 Å². The standard InChI is InChI=1S/C17H11N3O4/c21-19(22)15-5-1-3-12(9-15)13-7-8-18-17(11-13)14-4-2-6-16(10-14)20(23)24/h1-11H. The van der Waals surface area contributed by atoms with E-state index in [1.165, 1.54) is 24.3 Å². The van der Waals surface area contributed by atoms with Crippen molar-refractivity contribution in [2.24, 2.45) is 0 Å². The van der Waals surface area contributed by atoms with Crippen LogP contribution in [0.25, 0.3) is 22.4 Å². The Bertz CT molecular complexity index is 868. The number of pyridine rings is 1. The molecule has 118 valence electrons. The van der Waals surface area contributed by atoms with E-state index in [1.54, 1.807) is 42.6 Å². The van der Waals surface area contributed by atoms with Gasteiger partial charge in [0, 0.05) is 36.0 Å². The van der Waals surface area contributed by atoms with Gasteiger partial charge in [-0.15, -0.1) is 0 Å². The van der Waals surface area contributed by atoms with Crippen LogP contribution in [0, 0.1) is 20.2 Å². The van der Waals surface area contributed by atoms with Crippen molar-refractivity contribution in [3.8, 4) is 22.4 Å². The monoisotopic (exact) mass is 321 g/mol. The number of rotatable bonds is 4. The van der Waals surface area contributed by atoms with Gasteiger partial charge in [-0.2, -0.15) is 0 Å². The zero-order valence-corrected chi connectivity index (χ0v) is 12.3. The van der Waals surface area contributed by atoms with Gasteiger partial charge in [0.15, 0.2) is 0 Å². The summed E-state index contributed by atoms with van der Waals surface area (Å²) in [6.07, 6.45) is 1.57. The Balaban J connectivity index is 2.04. The zero-order valence-electron chi connectivity index (χ0n) is 12.3. The minimum atomic E-state index is -0.464. The molecule has 3 rings (SSSR count). The Morgan fingerprint density at radius 1 is 0.708 bits per heavy atom. The fourth-order valence-corrected chi connectivity index (χ4v) is 2.35. The SMILES string of the molecule is O=[N+]([O-])c1cccc(-c2ccnc(-c3cccc([N+](=O)[O-])c3)c2)c1. The minimum Gasteiger partial charge on any atom is -0.258 e. The third-order valence-corrected chi connectivity index (χ3v) is 3.50. The molecule has 0 unspecified atom stereocenters. The van der Waals surface area contributed by atoms with Gasteiger partial charge in [-0.1, -0.05) is 24.3 Å². The normalized spacial score (nSPS) is 10.3. The first-order chi connectivity index (χ1) is 11.5. The molecule has 0 fully saturated rings. The second kappa shape index (κ2) is 6.25. The molecule has 1 aromatic heterocycles. The van der Waals surface area contributed by atoms with Gasteiger partial charge in [0.2, 0.25) is 0 Å². The fraction of sp³-hybridized carbons (Fsp3) is 0. The molecule has 1 heterocycles. The Morgan fingerprint density at radius 3 is 1.88 bits per heavy atom. The predicted octanol–water partition coefficient (Wildman–Crippen LogP) is 4.23. The van der Waals surface area contributed by atoms with E-state index in [9.17, 15) is 20.2 Å². The molecule has 0 amide bonds. The van der Waals surface area contributed by atoms with Crippen LogP contribution in [0.15, 0.2) is 66.9 Å². The molecule has 0 aliphatic heterocycles. The summed E-state index contributed by atoms with van der Waals surface area (Å²) < 4.78 is 0. The molecule has 0 aliphatic carbocycles. The van der Waals surface area contributed by atoms with E-state index in [0.717, 1.165) is 5.56 Å². The van der Waals surface area contributed by atoms with Crippen LogP contribution in [0.3, 0.4) is 0 Å². The number of non-ortho nitro benzene ring substituents is 2. The van der Waals surface area contributed by atoms with E-state index in [2.05, 4.69) is 4.98 Å². The van der Waals surface area contributed by atoms with Crippen LogP contribution in [0.5, 0.6) is 0 Å². The summed E-state index contributed by atoms with van der Waals surface area (Å²) in [4.78, 5) is 25.1. The van der Waals surface area contributed by atoms with Crippen molar-refractivity contribution < 1.29 is 9.85 Å². The van der Waals surface area contributed by atoms with Crippen LogP contribution in [-0.2, 0) is 0 Å². The molecule has 0 N–H and O–H groups in total. The second-order valence-corrected chi connectivity index (χ2v) is 5.04. The third kappa shape index (κ3) is 3.09. The van der Waals surface area contributed by atoms with Gasteiger partial charge in [0.25, 0.3) is 11.4 Å². The molecule has 0 saturated carbocycles. The van der Waals surface area contributed by atoms with Crippen molar-refractivity contribution in [1.29, 1.82) is 0 Å². The quantitative estimate of drug-likeness (QED) is 0.529. The molecule has 0 spiro atoms. The van der Waals surface area contributed by atoms with Crippen LogP contribution < -0.4 is 0 Å². The van der Waals surface area contributed by atoms with Crippen LogP contribution in [0.1, 0.15) is 0 Å². The highest BCUT2D eigenvalue weighted by Crippen LogP contribution is 2.28. The number of benzene rings is 2. The summed E-state index contributed by atoms with van der Waals surface area (Å²) >= 11 is 0. The summed E-state index contributed by atoms with van der Waals surface area (Å²) in [6, 6.07) is 15.9. The first-order valence-corrected chi connectivity index (χ1v) is 7.00. The van der Waals surface area contributed by atoms with Gasteiger partial charge in [-0.05, 0) is 23.3 Å². The van der Waals surface area contributed by atoms with Crippen LogP contribution in [0.4, 0.5) is 11.4 Å². The number of hydrogen-bond donors (Lipinski definition) is 0. The van der Waals surface area contributed by atoms with E-state index >= 15 is 0 Å². The molecule has 0 bridgehead atoms. The lowest BCUT2D eigenvalue weighted by molar-refractivity contribution is -0.385. The van der Waals surface area contributed by atoms with Gasteiger partial charge < -0.3 is 0 Å². The highest BCUT2D eigenvalue weighted by Gasteiger charge is 2.10. The van der Waals surface area contributed by atoms with Crippen molar-refractivity contribution >= 4 is 11.4 Å². The van der Waals surface area contributed by atoms with E-state index < -0.39 is 9.85 Å². The lowest BCUT2D eigenvalue weighted by Crippen LogP contribution is -1.91. The summed E-state index contributed by atoms with van der Waals surface area (Å²) in [6.45, 7) is 0. The van der Waals surface area contributed by atoms with Crippen molar-refractivity contribution in [1.82, 2.24) is 4.98 Å². The maximum absolute atomic E-state index is 10.9. The summed E-state index contributed by atoms with van der Waals surface area (Å²) in [7, 11) is 0.